The fourth-order valence-corrected chi connectivity index (χ4v) is 4.91. The van der Waals surface area contributed by atoms with Crippen molar-refractivity contribution in [3.05, 3.63) is 52.8 Å². The van der Waals surface area contributed by atoms with E-state index in [-0.39, 0.29) is 11.9 Å². The molecular formula is C22H25Cl2N3O2. The lowest BCUT2D eigenvalue weighted by Crippen LogP contribution is -2.55. The van der Waals surface area contributed by atoms with E-state index >= 15 is 0 Å². The standard InChI is InChI=1S/C22H25Cl2N3O2/c1-22(2,29-20-8-5-14(23)10-19(20)24)21(28)26-15-11-16-6-7-17(12-15)27(16)18-4-3-9-25-13-18/h3-5,8-10,13,15-17H,6-7,11-12H2,1-2H3,(H,26,28). The zero-order valence-electron chi connectivity index (χ0n) is 16.6. The molecule has 1 aromatic heterocycles. The highest BCUT2D eigenvalue weighted by molar-refractivity contribution is 6.35. The third kappa shape index (κ3) is 4.31. The van der Waals surface area contributed by atoms with Crippen molar-refractivity contribution in [2.75, 3.05) is 4.90 Å². The van der Waals surface area contributed by atoms with E-state index in [4.69, 9.17) is 27.9 Å². The number of pyridine rings is 1. The molecule has 29 heavy (non-hydrogen) atoms. The first-order valence-electron chi connectivity index (χ1n) is 9.97. The smallest absolute Gasteiger partial charge is 0.263 e. The van der Waals surface area contributed by atoms with Crippen molar-refractivity contribution in [2.24, 2.45) is 0 Å². The molecule has 4 rings (SSSR count). The second kappa shape index (κ2) is 8.04. The van der Waals surface area contributed by atoms with Gasteiger partial charge in [-0.25, -0.2) is 0 Å². The molecule has 0 spiro atoms. The number of halogens is 2. The Kier molecular flexibility index (Phi) is 5.63. The number of nitrogens with zero attached hydrogens (tertiary/aromatic N) is 2. The summed E-state index contributed by atoms with van der Waals surface area (Å²) in [6.45, 7) is 3.51. The Balaban J connectivity index is 1.40. The number of aromatic nitrogens is 1. The van der Waals surface area contributed by atoms with Gasteiger partial charge in [0.25, 0.3) is 5.91 Å². The number of amides is 1. The quantitative estimate of drug-likeness (QED) is 0.730. The van der Waals surface area contributed by atoms with Crippen molar-refractivity contribution in [1.82, 2.24) is 10.3 Å². The second-order valence-electron chi connectivity index (χ2n) is 8.33. The highest BCUT2D eigenvalue weighted by atomic mass is 35.5. The van der Waals surface area contributed by atoms with Crippen LogP contribution in [0.4, 0.5) is 5.69 Å². The maximum atomic E-state index is 13.0. The minimum absolute atomic E-state index is 0.136. The lowest BCUT2D eigenvalue weighted by molar-refractivity contribution is -0.135. The zero-order chi connectivity index (χ0) is 20.6. The summed E-state index contributed by atoms with van der Waals surface area (Å²) in [6, 6.07) is 10.1. The normalized spacial score (nSPS) is 23.7. The molecule has 2 unspecified atom stereocenters. The number of ether oxygens (including phenoxy) is 1. The molecule has 2 atom stereocenters. The number of piperidine rings is 1. The lowest BCUT2D eigenvalue weighted by atomic mass is 9.95. The molecule has 3 heterocycles. The Morgan fingerprint density at radius 3 is 2.55 bits per heavy atom. The molecule has 2 aliphatic rings. The second-order valence-corrected chi connectivity index (χ2v) is 9.18. The highest BCUT2D eigenvalue weighted by Gasteiger charge is 2.42. The average Bonchev–Trinajstić information content (AvgIpc) is 2.95. The van der Waals surface area contributed by atoms with Crippen LogP contribution in [0.1, 0.15) is 39.5 Å². The van der Waals surface area contributed by atoms with Crippen LogP contribution in [0.25, 0.3) is 0 Å². The van der Waals surface area contributed by atoms with Gasteiger partial charge in [-0.05, 0) is 69.9 Å². The minimum atomic E-state index is -1.04. The largest absolute Gasteiger partial charge is 0.476 e. The van der Waals surface area contributed by atoms with Gasteiger partial charge in [0.05, 0.1) is 16.9 Å². The molecule has 2 saturated heterocycles. The van der Waals surface area contributed by atoms with Crippen molar-refractivity contribution in [3.8, 4) is 5.75 Å². The fraction of sp³-hybridized carbons (Fsp3) is 0.455. The first-order chi connectivity index (χ1) is 13.8. The fourth-order valence-electron chi connectivity index (χ4n) is 4.46. The number of rotatable bonds is 5. The van der Waals surface area contributed by atoms with Crippen LogP contribution < -0.4 is 15.0 Å². The van der Waals surface area contributed by atoms with Crippen molar-refractivity contribution < 1.29 is 9.53 Å². The van der Waals surface area contributed by atoms with Gasteiger partial charge in [0.1, 0.15) is 5.75 Å². The Morgan fingerprint density at radius 1 is 1.21 bits per heavy atom. The van der Waals surface area contributed by atoms with E-state index in [9.17, 15) is 4.79 Å². The topological polar surface area (TPSA) is 54.5 Å². The molecule has 1 amide bonds. The van der Waals surface area contributed by atoms with Crippen LogP contribution in [0.15, 0.2) is 42.7 Å². The monoisotopic (exact) mass is 433 g/mol. The van der Waals surface area contributed by atoms with Gasteiger partial charge in [-0.1, -0.05) is 23.2 Å². The van der Waals surface area contributed by atoms with E-state index in [0.717, 1.165) is 25.7 Å². The zero-order valence-corrected chi connectivity index (χ0v) is 18.1. The SMILES string of the molecule is CC(C)(Oc1ccc(Cl)cc1Cl)C(=O)NC1CC2CCC(C1)N2c1cccnc1. The predicted molar refractivity (Wildman–Crippen MR) is 116 cm³/mol. The summed E-state index contributed by atoms with van der Waals surface area (Å²) in [5, 5.41) is 4.13. The molecule has 7 heteroatoms. The number of carbonyl (C=O) groups excluding carboxylic acids is 1. The molecule has 1 N–H and O–H groups in total. The predicted octanol–water partition coefficient (Wildman–Crippen LogP) is 4.86. The van der Waals surface area contributed by atoms with E-state index < -0.39 is 5.60 Å². The van der Waals surface area contributed by atoms with Gasteiger partial charge in [0.2, 0.25) is 0 Å². The van der Waals surface area contributed by atoms with Gasteiger partial charge in [0, 0.05) is 29.3 Å². The molecule has 2 fully saturated rings. The summed E-state index contributed by atoms with van der Waals surface area (Å²) >= 11 is 12.1. The number of anilines is 1. The van der Waals surface area contributed by atoms with E-state index in [1.54, 1.807) is 38.2 Å². The van der Waals surface area contributed by atoms with Crippen molar-refractivity contribution in [3.63, 3.8) is 0 Å². The van der Waals surface area contributed by atoms with Crippen LogP contribution in [-0.4, -0.2) is 34.6 Å². The molecule has 2 aliphatic heterocycles. The molecule has 0 radical (unpaired) electrons. The summed E-state index contributed by atoms with van der Waals surface area (Å²) < 4.78 is 5.93. The highest BCUT2D eigenvalue weighted by Crippen LogP contribution is 2.39. The lowest BCUT2D eigenvalue weighted by Gasteiger charge is -2.41. The maximum Gasteiger partial charge on any atom is 0.263 e. The summed E-state index contributed by atoms with van der Waals surface area (Å²) in [4.78, 5) is 19.7. The van der Waals surface area contributed by atoms with Crippen LogP contribution in [0.2, 0.25) is 10.0 Å². The molecule has 0 saturated carbocycles. The molecule has 5 nitrogen and oxygen atoms in total. The summed E-state index contributed by atoms with van der Waals surface area (Å²) in [5.41, 5.74) is 0.127. The first kappa shape index (κ1) is 20.3. The Labute approximate surface area is 181 Å². The van der Waals surface area contributed by atoms with Crippen molar-refractivity contribution in [2.45, 2.75) is 63.3 Å². The van der Waals surface area contributed by atoms with Gasteiger partial charge in [0.15, 0.2) is 5.60 Å². The molecular weight excluding hydrogens is 409 g/mol. The third-order valence-electron chi connectivity index (χ3n) is 5.82. The Hall–Kier alpha value is -1.98. The molecule has 0 aliphatic carbocycles. The van der Waals surface area contributed by atoms with Crippen LogP contribution >= 0.6 is 23.2 Å². The third-order valence-corrected chi connectivity index (χ3v) is 6.35. The molecule has 2 bridgehead atoms. The van der Waals surface area contributed by atoms with Crippen LogP contribution in [0.5, 0.6) is 5.75 Å². The molecule has 154 valence electrons. The van der Waals surface area contributed by atoms with Crippen LogP contribution in [-0.2, 0) is 4.79 Å². The van der Waals surface area contributed by atoms with Gasteiger partial charge >= 0.3 is 0 Å². The minimum Gasteiger partial charge on any atom is -0.476 e. The van der Waals surface area contributed by atoms with Crippen LogP contribution in [0.3, 0.4) is 0 Å². The summed E-state index contributed by atoms with van der Waals surface area (Å²) in [7, 11) is 0. The van der Waals surface area contributed by atoms with Gasteiger partial charge < -0.3 is 15.0 Å². The maximum absolute atomic E-state index is 13.0. The number of benzene rings is 1. The Morgan fingerprint density at radius 2 is 1.93 bits per heavy atom. The van der Waals surface area contributed by atoms with Crippen molar-refractivity contribution >= 4 is 34.8 Å². The van der Waals surface area contributed by atoms with Crippen molar-refractivity contribution in [1.29, 1.82) is 0 Å². The van der Waals surface area contributed by atoms with Crippen LogP contribution in [0, 0.1) is 0 Å². The number of hydrogen-bond acceptors (Lipinski definition) is 4. The van der Waals surface area contributed by atoms with E-state index in [1.807, 2.05) is 12.3 Å². The molecule has 1 aromatic carbocycles. The van der Waals surface area contributed by atoms with Gasteiger partial charge in [-0.3, -0.25) is 9.78 Å². The van der Waals surface area contributed by atoms with Gasteiger partial charge in [-0.15, -0.1) is 0 Å². The summed E-state index contributed by atoms with van der Waals surface area (Å²) in [6.07, 6.45) is 7.87. The number of hydrogen-bond donors (Lipinski definition) is 1. The van der Waals surface area contributed by atoms with E-state index in [2.05, 4.69) is 21.3 Å². The summed E-state index contributed by atoms with van der Waals surface area (Å²) in [5.74, 6) is 0.311. The van der Waals surface area contributed by atoms with E-state index in [0.29, 0.717) is 27.9 Å². The average molecular weight is 434 g/mol. The Bertz CT molecular complexity index is 877. The number of nitrogens with one attached hydrogen (secondary N) is 1. The van der Waals surface area contributed by atoms with E-state index in [1.165, 1.54) is 5.69 Å². The molecule has 2 aromatic rings. The number of fused-ring (bicyclic) bond motifs is 2. The number of carbonyl (C=O) groups is 1. The van der Waals surface area contributed by atoms with Gasteiger partial charge in [-0.2, -0.15) is 0 Å². The first-order valence-corrected chi connectivity index (χ1v) is 10.7.